The first-order valence-electron chi connectivity index (χ1n) is 3.70. The third-order valence-electron chi connectivity index (χ3n) is 1.62. The first kappa shape index (κ1) is 10.7. The van der Waals surface area contributed by atoms with Gasteiger partial charge >= 0.3 is 6.18 Å². The Labute approximate surface area is 72.5 Å². The number of nitrogens with zero attached hydrogens (tertiary/aromatic N) is 1. The van der Waals surface area contributed by atoms with Gasteiger partial charge in [0.1, 0.15) is 0 Å². The first-order valence-corrected chi connectivity index (χ1v) is 3.70. The van der Waals surface area contributed by atoms with Gasteiger partial charge in [-0.25, -0.2) is 0 Å². The van der Waals surface area contributed by atoms with Crippen LogP contribution in [0.1, 0.15) is 0 Å². The third kappa shape index (κ3) is 3.11. The Hall–Kier alpha value is -0.370. The predicted molar refractivity (Wildman–Crippen MR) is 35.6 cm³/mol. The van der Waals surface area contributed by atoms with Gasteiger partial charge in [-0.2, -0.15) is 18.2 Å². The SMILES string of the molecule is OC1CON(CC(O)C(F)(F)F)C1. The molecule has 0 bridgehead atoms. The van der Waals surface area contributed by atoms with Crippen molar-refractivity contribution < 1.29 is 28.2 Å². The zero-order chi connectivity index (χ0) is 10.1. The van der Waals surface area contributed by atoms with E-state index < -0.39 is 24.9 Å². The maximum absolute atomic E-state index is 11.8. The standard InChI is InChI=1S/C6H10F3NO3/c7-6(8,9)5(12)2-10-1-4(11)3-13-10/h4-5,11-12H,1-3H2. The highest BCUT2D eigenvalue weighted by molar-refractivity contribution is 4.72. The molecule has 0 radical (unpaired) electrons. The molecule has 4 nitrogen and oxygen atoms in total. The number of halogens is 3. The summed E-state index contributed by atoms with van der Waals surface area (Å²) in [6.45, 7) is -0.696. The summed E-state index contributed by atoms with van der Waals surface area (Å²) in [6.07, 6.45) is -7.85. The van der Waals surface area contributed by atoms with E-state index in [-0.39, 0.29) is 13.2 Å². The van der Waals surface area contributed by atoms with E-state index in [2.05, 4.69) is 4.84 Å². The van der Waals surface area contributed by atoms with Gasteiger partial charge in [-0.1, -0.05) is 0 Å². The lowest BCUT2D eigenvalue weighted by Gasteiger charge is -2.19. The van der Waals surface area contributed by atoms with Crippen LogP contribution in [0.5, 0.6) is 0 Å². The number of aliphatic hydroxyl groups excluding tert-OH is 2. The summed E-state index contributed by atoms with van der Waals surface area (Å²) in [5, 5.41) is 18.4. The number of rotatable bonds is 2. The van der Waals surface area contributed by atoms with Crippen molar-refractivity contribution in [3.63, 3.8) is 0 Å². The van der Waals surface area contributed by atoms with Crippen LogP contribution in [-0.4, -0.2) is 53.4 Å². The normalized spacial score (nSPS) is 27.9. The fourth-order valence-electron chi connectivity index (χ4n) is 0.956. The van der Waals surface area contributed by atoms with Gasteiger partial charge in [0.2, 0.25) is 0 Å². The van der Waals surface area contributed by atoms with Gasteiger partial charge in [-0.05, 0) is 0 Å². The molecule has 0 aromatic heterocycles. The Kier molecular flexibility index (Phi) is 3.12. The summed E-state index contributed by atoms with van der Waals surface area (Å²) in [7, 11) is 0. The molecule has 1 heterocycles. The van der Waals surface area contributed by atoms with Crippen LogP contribution in [0.3, 0.4) is 0 Å². The Morgan fingerprint density at radius 1 is 1.54 bits per heavy atom. The highest BCUT2D eigenvalue weighted by Gasteiger charge is 2.40. The van der Waals surface area contributed by atoms with E-state index in [1.807, 2.05) is 0 Å². The Morgan fingerprint density at radius 3 is 2.54 bits per heavy atom. The number of hydrogen-bond acceptors (Lipinski definition) is 4. The van der Waals surface area contributed by atoms with Crippen molar-refractivity contribution in [1.29, 1.82) is 0 Å². The average Bonchev–Trinajstić information content (AvgIpc) is 2.33. The zero-order valence-electron chi connectivity index (χ0n) is 6.66. The van der Waals surface area contributed by atoms with Crippen molar-refractivity contribution >= 4 is 0 Å². The van der Waals surface area contributed by atoms with E-state index in [9.17, 15) is 13.2 Å². The molecule has 1 fully saturated rings. The van der Waals surface area contributed by atoms with E-state index in [1.165, 1.54) is 0 Å². The summed E-state index contributed by atoms with van der Waals surface area (Å²) in [4.78, 5) is 4.65. The molecule has 7 heteroatoms. The van der Waals surface area contributed by atoms with Crippen molar-refractivity contribution in [2.45, 2.75) is 18.4 Å². The number of hydrogen-bond donors (Lipinski definition) is 2. The molecule has 13 heavy (non-hydrogen) atoms. The highest BCUT2D eigenvalue weighted by Crippen LogP contribution is 2.21. The van der Waals surface area contributed by atoms with Crippen molar-refractivity contribution in [1.82, 2.24) is 5.06 Å². The molecule has 0 saturated carbocycles. The van der Waals surface area contributed by atoms with Crippen LogP contribution in [0, 0.1) is 0 Å². The molecule has 2 atom stereocenters. The van der Waals surface area contributed by atoms with E-state index in [0.717, 1.165) is 5.06 Å². The molecule has 78 valence electrons. The number of alkyl halides is 3. The maximum Gasteiger partial charge on any atom is 0.415 e. The summed E-state index contributed by atoms with van der Waals surface area (Å²) < 4.78 is 35.4. The van der Waals surface area contributed by atoms with Crippen LogP contribution >= 0.6 is 0 Å². The van der Waals surface area contributed by atoms with Crippen molar-refractivity contribution in [3.05, 3.63) is 0 Å². The molecule has 0 aromatic carbocycles. The quantitative estimate of drug-likeness (QED) is 0.633. The van der Waals surface area contributed by atoms with Crippen LogP contribution in [-0.2, 0) is 4.84 Å². The van der Waals surface area contributed by atoms with E-state index in [1.54, 1.807) is 0 Å². The highest BCUT2D eigenvalue weighted by atomic mass is 19.4. The van der Waals surface area contributed by atoms with Gasteiger partial charge in [-0.15, -0.1) is 0 Å². The predicted octanol–water partition coefficient (Wildman–Crippen LogP) is -0.482. The third-order valence-corrected chi connectivity index (χ3v) is 1.62. The van der Waals surface area contributed by atoms with E-state index in [0.29, 0.717) is 0 Å². The average molecular weight is 201 g/mol. The molecule has 0 aromatic rings. The monoisotopic (exact) mass is 201 g/mol. The minimum Gasteiger partial charge on any atom is -0.389 e. The molecule has 0 amide bonds. The minimum atomic E-state index is -4.64. The lowest BCUT2D eigenvalue weighted by molar-refractivity contribution is -0.230. The Morgan fingerprint density at radius 2 is 2.15 bits per heavy atom. The molecule has 0 spiro atoms. The van der Waals surface area contributed by atoms with Gasteiger partial charge in [-0.3, -0.25) is 4.84 Å². The fourth-order valence-corrected chi connectivity index (χ4v) is 0.956. The van der Waals surface area contributed by atoms with Gasteiger partial charge in [0.25, 0.3) is 0 Å². The van der Waals surface area contributed by atoms with Gasteiger partial charge in [0.05, 0.1) is 25.8 Å². The Balaban J connectivity index is 2.33. The fraction of sp³-hybridized carbons (Fsp3) is 1.00. The topological polar surface area (TPSA) is 52.9 Å². The van der Waals surface area contributed by atoms with Crippen LogP contribution in [0.25, 0.3) is 0 Å². The number of hydroxylamine groups is 2. The van der Waals surface area contributed by atoms with Crippen LogP contribution in [0.15, 0.2) is 0 Å². The van der Waals surface area contributed by atoms with Crippen molar-refractivity contribution in [2.75, 3.05) is 19.7 Å². The first-order chi connectivity index (χ1) is 5.89. The lowest BCUT2D eigenvalue weighted by Crippen LogP contribution is -2.39. The molecule has 0 aliphatic carbocycles. The van der Waals surface area contributed by atoms with Crippen molar-refractivity contribution in [3.8, 4) is 0 Å². The second-order valence-electron chi connectivity index (χ2n) is 2.85. The zero-order valence-corrected chi connectivity index (χ0v) is 6.66. The molecule has 1 saturated heterocycles. The molecule has 1 aliphatic heterocycles. The largest absolute Gasteiger partial charge is 0.415 e. The second-order valence-corrected chi connectivity index (χ2v) is 2.85. The minimum absolute atomic E-state index is 0.00681. The molecular weight excluding hydrogens is 191 g/mol. The van der Waals surface area contributed by atoms with E-state index >= 15 is 0 Å². The van der Waals surface area contributed by atoms with Gasteiger partial charge in [0, 0.05) is 0 Å². The maximum atomic E-state index is 11.8. The van der Waals surface area contributed by atoms with Gasteiger partial charge < -0.3 is 10.2 Å². The molecular formula is C6H10F3NO3. The van der Waals surface area contributed by atoms with Crippen LogP contribution < -0.4 is 0 Å². The van der Waals surface area contributed by atoms with E-state index in [4.69, 9.17) is 10.2 Å². The smallest absolute Gasteiger partial charge is 0.389 e. The molecule has 1 rings (SSSR count). The summed E-state index contributed by atoms with van der Waals surface area (Å²) in [5.74, 6) is 0. The molecule has 2 N–H and O–H groups in total. The second kappa shape index (κ2) is 3.79. The van der Waals surface area contributed by atoms with Crippen LogP contribution in [0.2, 0.25) is 0 Å². The summed E-state index contributed by atoms with van der Waals surface area (Å²) in [5.41, 5.74) is 0. The summed E-state index contributed by atoms with van der Waals surface area (Å²) >= 11 is 0. The Bertz CT molecular complexity index is 175. The number of β-amino-alcohol motifs (C(OH)–C–C–N with tert-alkyl or cyclic N) is 2. The van der Waals surface area contributed by atoms with Gasteiger partial charge in [0.15, 0.2) is 6.10 Å². The molecule has 2 unspecified atom stereocenters. The van der Waals surface area contributed by atoms with Crippen molar-refractivity contribution in [2.24, 2.45) is 0 Å². The molecule has 1 aliphatic rings. The summed E-state index contributed by atoms with van der Waals surface area (Å²) in [6, 6.07) is 0. The lowest BCUT2D eigenvalue weighted by atomic mass is 10.3. The van der Waals surface area contributed by atoms with Crippen LogP contribution in [0.4, 0.5) is 13.2 Å². The number of aliphatic hydroxyl groups is 2.